The number of benzene rings is 1. The van der Waals surface area contributed by atoms with Gasteiger partial charge in [0.05, 0.1) is 12.2 Å². The zero-order valence-electron chi connectivity index (χ0n) is 11.3. The summed E-state index contributed by atoms with van der Waals surface area (Å²) in [5.41, 5.74) is 2.85. The highest BCUT2D eigenvalue weighted by molar-refractivity contribution is 5.54. The van der Waals surface area contributed by atoms with Crippen molar-refractivity contribution >= 4 is 5.69 Å². The standard InChI is InChI=1S/C16H22N2O/c1-2-4-16(12(3-1)9-17-13-5-6-13)18-10-14-7-8-15(11-18)19-14/h1-4,13-15,17H,5-11H2. The Labute approximate surface area is 114 Å². The summed E-state index contributed by atoms with van der Waals surface area (Å²) in [5.74, 6) is 0. The van der Waals surface area contributed by atoms with E-state index in [1.54, 1.807) is 0 Å². The van der Waals surface area contributed by atoms with Crippen LogP contribution in [0.3, 0.4) is 0 Å². The van der Waals surface area contributed by atoms with Crippen LogP contribution >= 0.6 is 0 Å². The molecule has 102 valence electrons. The zero-order chi connectivity index (χ0) is 12.7. The molecule has 0 spiro atoms. The van der Waals surface area contributed by atoms with E-state index in [0.29, 0.717) is 12.2 Å². The molecule has 1 aromatic carbocycles. The van der Waals surface area contributed by atoms with E-state index in [2.05, 4.69) is 34.5 Å². The average molecular weight is 258 g/mol. The molecule has 1 saturated carbocycles. The smallest absolute Gasteiger partial charge is 0.0755 e. The van der Waals surface area contributed by atoms with E-state index in [4.69, 9.17) is 4.74 Å². The second kappa shape index (κ2) is 4.80. The van der Waals surface area contributed by atoms with Gasteiger partial charge in [-0.25, -0.2) is 0 Å². The fraction of sp³-hybridized carbons (Fsp3) is 0.625. The monoisotopic (exact) mass is 258 g/mol. The molecule has 2 atom stereocenters. The molecule has 0 radical (unpaired) electrons. The van der Waals surface area contributed by atoms with Gasteiger partial charge >= 0.3 is 0 Å². The average Bonchev–Trinajstić information content (AvgIpc) is 3.22. The van der Waals surface area contributed by atoms with Gasteiger partial charge in [-0.1, -0.05) is 18.2 Å². The van der Waals surface area contributed by atoms with Crippen molar-refractivity contribution in [2.45, 2.75) is 50.5 Å². The number of para-hydroxylation sites is 1. The summed E-state index contributed by atoms with van der Waals surface area (Å²) in [5, 5.41) is 3.63. The van der Waals surface area contributed by atoms with E-state index in [1.165, 1.54) is 36.9 Å². The van der Waals surface area contributed by atoms with Crippen LogP contribution in [0, 0.1) is 0 Å². The lowest BCUT2D eigenvalue weighted by Gasteiger charge is -2.35. The van der Waals surface area contributed by atoms with Crippen molar-refractivity contribution in [2.24, 2.45) is 0 Å². The molecule has 4 rings (SSSR count). The fourth-order valence-electron chi connectivity index (χ4n) is 3.32. The summed E-state index contributed by atoms with van der Waals surface area (Å²) in [7, 11) is 0. The van der Waals surface area contributed by atoms with Crippen molar-refractivity contribution < 1.29 is 4.74 Å². The topological polar surface area (TPSA) is 24.5 Å². The van der Waals surface area contributed by atoms with E-state index in [0.717, 1.165) is 25.7 Å². The first-order valence-corrected chi connectivity index (χ1v) is 7.60. The number of ether oxygens (including phenoxy) is 1. The second-order valence-corrected chi connectivity index (χ2v) is 6.15. The number of hydrogen-bond donors (Lipinski definition) is 1. The highest BCUT2D eigenvalue weighted by atomic mass is 16.5. The lowest BCUT2D eigenvalue weighted by atomic mass is 10.1. The number of anilines is 1. The molecule has 1 aromatic rings. The molecule has 1 aliphatic carbocycles. The van der Waals surface area contributed by atoms with Crippen molar-refractivity contribution in [1.82, 2.24) is 5.32 Å². The summed E-state index contributed by atoms with van der Waals surface area (Å²) >= 11 is 0. The number of fused-ring (bicyclic) bond motifs is 2. The Kier molecular flexibility index (Phi) is 2.97. The maximum absolute atomic E-state index is 5.94. The molecule has 3 aliphatic rings. The molecule has 3 nitrogen and oxygen atoms in total. The Morgan fingerprint density at radius 1 is 1.05 bits per heavy atom. The maximum Gasteiger partial charge on any atom is 0.0755 e. The third-order valence-corrected chi connectivity index (χ3v) is 4.53. The maximum atomic E-state index is 5.94. The first kappa shape index (κ1) is 11.7. The lowest BCUT2D eigenvalue weighted by Crippen LogP contribution is -2.43. The minimum absolute atomic E-state index is 0.461. The fourth-order valence-corrected chi connectivity index (χ4v) is 3.32. The van der Waals surface area contributed by atoms with Crippen LogP contribution < -0.4 is 10.2 Å². The summed E-state index contributed by atoms with van der Waals surface area (Å²) in [6.07, 6.45) is 6.10. The number of rotatable bonds is 4. The zero-order valence-corrected chi connectivity index (χ0v) is 11.3. The first-order valence-electron chi connectivity index (χ1n) is 7.60. The van der Waals surface area contributed by atoms with Crippen LogP contribution in [0.15, 0.2) is 24.3 Å². The van der Waals surface area contributed by atoms with Gasteiger partial charge in [0.1, 0.15) is 0 Å². The summed E-state index contributed by atoms with van der Waals surface area (Å²) in [4.78, 5) is 2.54. The van der Waals surface area contributed by atoms with Gasteiger partial charge in [0, 0.05) is 31.4 Å². The van der Waals surface area contributed by atoms with E-state index >= 15 is 0 Å². The highest BCUT2D eigenvalue weighted by Crippen LogP contribution is 2.31. The predicted molar refractivity (Wildman–Crippen MR) is 76.4 cm³/mol. The molecule has 1 N–H and O–H groups in total. The van der Waals surface area contributed by atoms with E-state index in [1.807, 2.05) is 0 Å². The summed E-state index contributed by atoms with van der Waals surface area (Å²) in [6.45, 7) is 3.14. The predicted octanol–water partition coefficient (Wildman–Crippen LogP) is 2.31. The van der Waals surface area contributed by atoms with Gasteiger partial charge in [0.2, 0.25) is 0 Å². The Bertz CT molecular complexity index is 446. The molecule has 0 aromatic heterocycles. The largest absolute Gasteiger partial charge is 0.371 e. The van der Waals surface area contributed by atoms with Crippen LogP contribution in [0.4, 0.5) is 5.69 Å². The molecule has 3 fully saturated rings. The van der Waals surface area contributed by atoms with Crippen LogP contribution in [0.2, 0.25) is 0 Å². The molecule has 3 heteroatoms. The Morgan fingerprint density at radius 3 is 2.53 bits per heavy atom. The Hall–Kier alpha value is -1.06. The van der Waals surface area contributed by atoms with Crippen molar-refractivity contribution in [1.29, 1.82) is 0 Å². The molecular formula is C16H22N2O. The van der Waals surface area contributed by atoms with Gasteiger partial charge in [0.15, 0.2) is 0 Å². The van der Waals surface area contributed by atoms with Crippen molar-refractivity contribution in [3.05, 3.63) is 29.8 Å². The van der Waals surface area contributed by atoms with Crippen LogP contribution in [-0.2, 0) is 11.3 Å². The van der Waals surface area contributed by atoms with Crippen molar-refractivity contribution in [3.8, 4) is 0 Å². The Balaban J connectivity index is 1.52. The minimum Gasteiger partial charge on any atom is -0.371 e. The number of nitrogens with zero attached hydrogens (tertiary/aromatic N) is 1. The summed E-state index contributed by atoms with van der Waals surface area (Å²) < 4.78 is 5.94. The second-order valence-electron chi connectivity index (χ2n) is 6.15. The van der Waals surface area contributed by atoms with Gasteiger partial charge in [-0.3, -0.25) is 0 Å². The third kappa shape index (κ3) is 2.49. The molecule has 2 unspecified atom stereocenters. The van der Waals surface area contributed by atoms with Crippen LogP contribution in [0.1, 0.15) is 31.2 Å². The van der Waals surface area contributed by atoms with E-state index in [9.17, 15) is 0 Å². The number of morpholine rings is 1. The van der Waals surface area contributed by atoms with Crippen molar-refractivity contribution in [3.63, 3.8) is 0 Å². The van der Waals surface area contributed by atoms with Gasteiger partial charge in [0.25, 0.3) is 0 Å². The van der Waals surface area contributed by atoms with Crippen LogP contribution in [0.5, 0.6) is 0 Å². The third-order valence-electron chi connectivity index (χ3n) is 4.53. The van der Waals surface area contributed by atoms with Crippen molar-refractivity contribution in [2.75, 3.05) is 18.0 Å². The normalized spacial score (nSPS) is 29.8. The molecule has 0 amide bonds. The molecule has 2 heterocycles. The van der Waals surface area contributed by atoms with E-state index in [-0.39, 0.29) is 0 Å². The van der Waals surface area contributed by atoms with E-state index < -0.39 is 0 Å². The number of nitrogens with one attached hydrogen (secondary N) is 1. The quantitative estimate of drug-likeness (QED) is 0.897. The highest BCUT2D eigenvalue weighted by Gasteiger charge is 2.34. The van der Waals surface area contributed by atoms with Crippen LogP contribution in [0.25, 0.3) is 0 Å². The molecule has 19 heavy (non-hydrogen) atoms. The molecule has 2 saturated heterocycles. The first-order chi connectivity index (χ1) is 9.38. The van der Waals surface area contributed by atoms with Gasteiger partial charge < -0.3 is 15.0 Å². The van der Waals surface area contributed by atoms with Gasteiger partial charge in [-0.2, -0.15) is 0 Å². The summed E-state index contributed by atoms with van der Waals surface area (Å²) in [6, 6.07) is 9.63. The Morgan fingerprint density at radius 2 is 1.79 bits per heavy atom. The number of hydrogen-bond acceptors (Lipinski definition) is 3. The minimum atomic E-state index is 0.461. The molecule has 2 aliphatic heterocycles. The SMILES string of the molecule is c1ccc(N2CC3CCC(C2)O3)c(CNC2CC2)c1. The lowest BCUT2D eigenvalue weighted by molar-refractivity contribution is 0.0304. The molecule has 2 bridgehead atoms. The van der Waals surface area contributed by atoms with Gasteiger partial charge in [-0.05, 0) is 37.3 Å². The van der Waals surface area contributed by atoms with Gasteiger partial charge in [-0.15, -0.1) is 0 Å². The molecular weight excluding hydrogens is 236 g/mol. The van der Waals surface area contributed by atoms with Crippen LogP contribution in [-0.4, -0.2) is 31.3 Å².